The normalized spacial score (nSPS) is 14.5. The highest BCUT2D eigenvalue weighted by Gasteiger charge is 2.51. The summed E-state index contributed by atoms with van der Waals surface area (Å²) in [6, 6.07) is 12.5. The minimum atomic E-state index is -1.13. The second-order valence-corrected chi connectivity index (χ2v) is 8.82. The molecule has 6 nitrogen and oxygen atoms in total. The molecule has 0 atom stereocenters. The molecule has 0 unspecified atom stereocenters. The molecule has 0 radical (unpaired) electrons. The number of aliphatic carboxylic acids is 1. The molecular formula is C27H27FN2O4. The number of hydrogen-bond acceptors (Lipinski definition) is 4. The summed E-state index contributed by atoms with van der Waals surface area (Å²) in [5.41, 5.74) is 3.78. The van der Waals surface area contributed by atoms with Crippen molar-refractivity contribution in [3.63, 3.8) is 0 Å². The molecular weight excluding hydrogens is 435 g/mol. The minimum absolute atomic E-state index is 0.339. The number of amides is 1. The van der Waals surface area contributed by atoms with Crippen molar-refractivity contribution in [1.29, 1.82) is 0 Å². The molecule has 0 saturated heterocycles. The molecule has 1 aliphatic rings. The van der Waals surface area contributed by atoms with Gasteiger partial charge in [0.2, 0.25) is 5.91 Å². The molecule has 1 heterocycles. The summed E-state index contributed by atoms with van der Waals surface area (Å²) < 4.78 is 20.3. The summed E-state index contributed by atoms with van der Waals surface area (Å²) >= 11 is 0. The predicted molar refractivity (Wildman–Crippen MR) is 129 cm³/mol. The molecule has 0 bridgehead atoms. The van der Waals surface area contributed by atoms with Gasteiger partial charge in [-0.1, -0.05) is 12.1 Å². The number of carbonyl (C=O) groups is 2. The van der Waals surface area contributed by atoms with E-state index in [0.29, 0.717) is 36.2 Å². The van der Waals surface area contributed by atoms with Crippen LogP contribution in [0.4, 0.5) is 10.1 Å². The van der Waals surface area contributed by atoms with E-state index >= 15 is 0 Å². The maximum Gasteiger partial charge on any atom is 0.329 e. The number of carboxylic acid groups (broad SMARTS) is 1. The van der Waals surface area contributed by atoms with Crippen LogP contribution in [0.15, 0.2) is 58.7 Å². The fourth-order valence-electron chi connectivity index (χ4n) is 3.86. The first-order valence-electron chi connectivity index (χ1n) is 11.1. The predicted octanol–water partition coefficient (Wildman–Crippen LogP) is 5.45. The van der Waals surface area contributed by atoms with E-state index < -0.39 is 17.4 Å². The highest BCUT2D eigenvalue weighted by atomic mass is 19.1. The maximum absolute atomic E-state index is 15.0. The number of anilines is 1. The summed E-state index contributed by atoms with van der Waals surface area (Å²) in [6.45, 7) is 5.92. The van der Waals surface area contributed by atoms with E-state index in [1.165, 1.54) is 6.07 Å². The number of nitrogens with one attached hydrogen (secondary N) is 2. The summed E-state index contributed by atoms with van der Waals surface area (Å²) in [6.07, 6.45) is 4.21. The van der Waals surface area contributed by atoms with Crippen LogP contribution in [0, 0.1) is 19.7 Å². The van der Waals surface area contributed by atoms with Crippen LogP contribution in [0.2, 0.25) is 0 Å². The van der Waals surface area contributed by atoms with E-state index in [2.05, 4.69) is 10.6 Å². The molecule has 3 aromatic rings. The van der Waals surface area contributed by atoms with Gasteiger partial charge in [-0.15, -0.1) is 0 Å². The second kappa shape index (κ2) is 9.17. The maximum atomic E-state index is 15.0. The third-order valence-corrected chi connectivity index (χ3v) is 6.16. The smallest absolute Gasteiger partial charge is 0.329 e. The zero-order chi connectivity index (χ0) is 24.5. The van der Waals surface area contributed by atoms with E-state index in [9.17, 15) is 19.1 Å². The topological polar surface area (TPSA) is 91.6 Å². The van der Waals surface area contributed by atoms with Gasteiger partial charge < -0.3 is 20.2 Å². The lowest BCUT2D eigenvalue weighted by Crippen LogP contribution is -2.43. The third-order valence-electron chi connectivity index (χ3n) is 6.16. The number of carbonyl (C=O) groups excluding carboxylic acids is 1. The molecule has 0 aliphatic heterocycles. The van der Waals surface area contributed by atoms with E-state index in [0.717, 1.165) is 28.0 Å². The van der Waals surface area contributed by atoms with Crippen molar-refractivity contribution >= 4 is 23.6 Å². The minimum Gasteiger partial charge on any atom is -0.480 e. The highest BCUT2D eigenvalue weighted by Crippen LogP contribution is 2.36. The third kappa shape index (κ3) is 4.88. The summed E-state index contributed by atoms with van der Waals surface area (Å²) in [5.74, 6) is -0.980. The van der Waals surface area contributed by atoms with Crippen molar-refractivity contribution in [2.24, 2.45) is 0 Å². The van der Waals surface area contributed by atoms with Crippen LogP contribution in [0.5, 0.6) is 0 Å². The first-order chi connectivity index (χ1) is 16.2. The fourth-order valence-corrected chi connectivity index (χ4v) is 3.86. The molecule has 7 heteroatoms. The SMILES string of the molecule is C/C(=C\c1cc(C)c(-c2ccc(NCc3ccco3)cc2F)cc1C)C(=O)NC1(C(=O)O)CC1. The first kappa shape index (κ1) is 23.3. The summed E-state index contributed by atoms with van der Waals surface area (Å²) in [7, 11) is 0. The lowest BCUT2D eigenvalue weighted by molar-refractivity contribution is -0.142. The van der Waals surface area contributed by atoms with E-state index in [1.54, 1.807) is 31.4 Å². The van der Waals surface area contributed by atoms with E-state index in [1.807, 2.05) is 38.1 Å². The van der Waals surface area contributed by atoms with Crippen molar-refractivity contribution in [3.05, 3.63) is 82.6 Å². The van der Waals surface area contributed by atoms with Gasteiger partial charge in [0.15, 0.2) is 0 Å². The van der Waals surface area contributed by atoms with Crippen molar-refractivity contribution in [2.45, 2.75) is 45.7 Å². The number of halogens is 1. The van der Waals surface area contributed by atoms with Gasteiger partial charge in [-0.3, -0.25) is 4.79 Å². The number of benzene rings is 2. The first-order valence-corrected chi connectivity index (χ1v) is 11.1. The van der Waals surface area contributed by atoms with Gasteiger partial charge in [-0.25, -0.2) is 9.18 Å². The standard InChI is InChI=1S/C27H27FN2O4/c1-16-13-23(22-7-6-20(14-24(22)28)29-15-21-5-4-10-34-21)17(2)11-19(16)12-18(3)25(31)30-27(8-9-27)26(32)33/h4-7,10-14,29H,8-9,15H2,1-3H3,(H,30,31)(H,32,33)/b18-12+. The van der Waals surface area contributed by atoms with Crippen LogP contribution < -0.4 is 10.6 Å². The number of carboxylic acids is 1. The number of hydrogen-bond donors (Lipinski definition) is 3. The molecule has 1 fully saturated rings. The Morgan fingerprint density at radius 2 is 1.88 bits per heavy atom. The van der Waals surface area contributed by atoms with Crippen LogP contribution >= 0.6 is 0 Å². The molecule has 1 aliphatic carbocycles. The van der Waals surface area contributed by atoms with E-state index in [4.69, 9.17) is 4.42 Å². The van der Waals surface area contributed by atoms with Crippen LogP contribution in [0.1, 0.15) is 42.2 Å². The van der Waals surface area contributed by atoms with Crippen LogP contribution in [0.25, 0.3) is 17.2 Å². The molecule has 34 heavy (non-hydrogen) atoms. The molecule has 0 spiro atoms. The highest BCUT2D eigenvalue weighted by molar-refractivity contribution is 6.01. The van der Waals surface area contributed by atoms with Gasteiger partial charge in [-0.05, 0) is 92.3 Å². The van der Waals surface area contributed by atoms with Gasteiger partial charge in [0.05, 0.1) is 12.8 Å². The average Bonchev–Trinajstić information content (AvgIpc) is 3.39. The van der Waals surface area contributed by atoms with Gasteiger partial charge in [0.25, 0.3) is 0 Å². The van der Waals surface area contributed by atoms with Crippen LogP contribution in [-0.4, -0.2) is 22.5 Å². The number of furan rings is 1. The Hall–Kier alpha value is -3.87. The van der Waals surface area contributed by atoms with Gasteiger partial charge in [0, 0.05) is 16.8 Å². The monoisotopic (exact) mass is 462 g/mol. The zero-order valence-electron chi connectivity index (χ0n) is 19.4. The Bertz CT molecular complexity index is 1270. The quantitative estimate of drug-likeness (QED) is 0.387. The van der Waals surface area contributed by atoms with Crippen molar-refractivity contribution in [3.8, 4) is 11.1 Å². The fraction of sp³-hybridized carbons (Fsp3) is 0.259. The average molecular weight is 463 g/mol. The molecule has 1 amide bonds. The number of aryl methyl sites for hydroxylation is 2. The molecule has 2 aromatic carbocycles. The lowest BCUT2D eigenvalue weighted by atomic mass is 9.93. The number of rotatable bonds is 8. The Labute approximate surface area is 197 Å². The Morgan fingerprint density at radius 3 is 2.50 bits per heavy atom. The molecule has 3 N–H and O–H groups in total. The Balaban J connectivity index is 1.52. The molecule has 1 aromatic heterocycles. The molecule has 4 rings (SSSR count). The van der Waals surface area contributed by atoms with Gasteiger partial charge in [0.1, 0.15) is 17.1 Å². The van der Waals surface area contributed by atoms with Crippen LogP contribution in [0.3, 0.4) is 0 Å². The van der Waals surface area contributed by atoms with Crippen molar-refractivity contribution < 1.29 is 23.5 Å². The summed E-state index contributed by atoms with van der Waals surface area (Å²) in [5, 5.41) is 15.1. The van der Waals surface area contributed by atoms with E-state index in [-0.39, 0.29) is 5.82 Å². The van der Waals surface area contributed by atoms with Crippen molar-refractivity contribution in [1.82, 2.24) is 5.32 Å². The van der Waals surface area contributed by atoms with Gasteiger partial charge >= 0.3 is 5.97 Å². The molecule has 176 valence electrons. The van der Waals surface area contributed by atoms with Crippen molar-refractivity contribution in [2.75, 3.05) is 5.32 Å². The van der Waals surface area contributed by atoms with Gasteiger partial charge in [-0.2, -0.15) is 0 Å². The second-order valence-electron chi connectivity index (χ2n) is 8.82. The summed E-state index contributed by atoms with van der Waals surface area (Å²) in [4.78, 5) is 23.8. The lowest BCUT2D eigenvalue weighted by Gasteiger charge is -2.15. The zero-order valence-corrected chi connectivity index (χ0v) is 19.4. The Kier molecular flexibility index (Phi) is 6.28. The molecule has 1 saturated carbocycles. The Morgan fingerprint density at radius 1 is 1.12 bits per heavy atom. The van der Waals surface area contributed by atoms with Crippen LogP contribution in [-0.2, 0) is 16.1 Å². The largest absolute Gasteiger partial charge is 0.480 e.